The van der Waals surface area contributed by atoms with Crippen molar-refractivity contribution >= 4 is 11.6 Å². The van der Waals surface area contributed by atoms with Gasteiger partial charge in [-0.05, 0) is 24.5 Å². The van der Waals surface area contributed by atoms with E-state index >= 15 is 0 Å². The molecule has 4 nitrogen and oxygen atoms in total. The molecule has 1 aromatic carbocycles. The van der Waals surface area contributed by atoms with Gasteiger partial charge in [-0.25, -0.2) is 0 Å². The highest BCUT2D eigenvalue weighted by Gasteiger charge is 2.41. The van der Waals surface area contributed by atoms with Crippen LogP contribution in [0.2, 0.25) is 0 Å². The molecule has 1 aromatic rings. The fraction of sp³-hybridized carbons (Fsp3) is 0.462. The van der Waals surface area contributed by atoms with Crippen molar-refractivity contribution in [3.63, 3.8) is 0 Å². The summed E-state index contributed by atoms with van der Waals surface area (Å²) in [4.78, 5) is 11.1. The Bertz CT molecular complexity index is 414. The monoisotopic (exact) mass is 234 g/mol. The Morgan fingerprint density at radius 2 is 2.12 bits per heavy atom. The topological polar surface area (TPSA) is 61.4 Å². The lowest BCUT2D eigenvalue weighted by Gasteiger charge is -2.16. The maximum absolute atomic E-state index is 11.1. The Hall–Kier alpha value is -1.39. The van der Waals surface area contributed by atoms with Crippen molar-refractivity contribution in [2.45, 2.75) is 31.8 Å². The molecule has 1 amide bonds. The van der Waals surface area contributed by atoms with Crippen molar-refractivity contribution in [1.29, 1.82) is 0 Å². The molecule has 4 heteroatoms. The minimum atomic E-state index is -0.0800. The molecule has 1 aliphatic carbocycles. The van der Waals surface area contributed by atoms with Crippen LogP contribution in [-0.4, -0.2) is 23.2 Å². The van der Waals surface area contributed by atoms with Gasteiger partial charge in [0.15, 0.2) is 0 Å². The maximum Gasteiger partial charge on any atom is 0.221 e. The molecule has 0 unspecified atom stereocenters. The van der Waals surface area contributed by atoms with Crippen LogP contribution in [0.1, 0.15) is 25.3 Å². The van der Waals surface area contributed by atoms with Gasteiger partial charge in [0.1, 0.15) is 0 Å². The molecule has 1 aliphatic rings. The standard InChI is InChI=1S/C13H18N2O2/c1-10(17)15-12-5-3-2-4-11(12)8-14-13(9-16)6-7-13/h2-5,14,16H,6-9H2,1H3,(H,15,17). The summed E-state index contributed by atoms with van der Waals surface area (Å²) in [5.41, 5.74) is 1.80. The van der Waals surface area contributed by atoms with Gasteiger partial charge in [0.05, 0.1) is 6.61 Å². The second kappa shape index (κ2) is 4.85. The van der Waals surface area contributed by atoms with E-state index in [0.29, 0.717) is 6.54 Å². The van der Waals surface area contributed by atoms with E-state index < -0.39 is 0 Å². The van der Waals surface area contributed by atoms with E-state index in [0.717, 1.165) is 24.1 Å². The zero-order valence-electron chi connectivity index (χ0n) is 9.99. The summed E-state index contributed by atoms with van der Waals surface area (Å²) in [6.07, 6.45) is 2.04. The molecule has 3 N–H and O–H groups in total. The Balaban J connectivity index is 2.02. The van der Waals surface area contributed by atoms with Crippen molar-refractivity contribution in [2.75, 3.05) is 11.9 Å². The number of amides is 1. The average Bonchev–Trinajstić information content (AvgIpc) is 3.08. The molecule has 17 heavy (non-hydrogen) atoms. The van der Waals surface area contributed by atoms with Gasteiger partial charge in [0.25, 0.3) is 0 Å². The fourth-order valence-electron chi connectivity index (χ4n) is 1.81. The molecule has 0 aliphatic heterocycles. The van der Waals surface area contributed by atoms with Crippen molar-refractivity contribution < 1.29 is 9.90 Å². The first-order chi connectivity index (χ1) is 8.15. The molecule has 0 saturated heterocycles. The van der Waals surface area contributed by atoms with E-state index in [1.165, 1.54) is 6.92 Å². The van der Waals surface area contributed by atoms with E-state index in [2.05, 4.69) is 10.6 Å². The molecule has 2 rings (SSSR count). The summed E-state index contributed by atoms with van der Waals surface area (Å²) in [5, 5.41) is 15.4. The summed E-state index contributed by atoms with van der Waals surface area (Å²) >= 11 is 0. The molecular weight excluding hydrogens is 216 g/mol. The van der Waals surface area contributed by atoms with Crippen LogP contribution in [0.25, 0.3) is 0 Å². The molecule has 1 fully saturated rings. The number of para-hydroxylation sites is 1. The first-order valence-corrected chi connectivity index (χ1v) is 5.87. The van der Waals surface area contributed by atoms with Crippen LogP contribution in [0.3, 0.4) is 0 Å². The van der Waals surface area contributed by atoms with E-state index in [1.54, 1.807) is 0 Å². The third-order valence-corrected chi connectivity index (χ3v) is 3.14. The van der Waals surface area contributed by atoms with E-state index in [-0.39, 0.29) is 18.1 Å². The Morgan fingerprint density at radius 1 is 1.41 bits per heavy atom. The van der Waals surface area contributed by atoms with Crippen LogP contribution < -0.4 is 10.6 Å². The van der Waals surface area contributed by atoms with Crippen LogP contribution >= 0.6 is 0 Å². The second-order valence-electron chi connectivity index (χ2n) is 4.63. The van der Waals surface area contributed by atoms with Crippen LogP contribution in [0.4, 0.5) is 5.69 Å². The van der Waals surface area contributed by atoms with Crippen LogP contribution in [-0.2, 0) is 11.3 Å². The molecule has 0 aromatic heterocycles. The third kappa shape index (κ3) is 3.05. The number of rotatable bonds is 5. The highest BCUT2D eigenvalue weighted by Crippen LogP contribution is 2.35. The van der Waals surface area contributed by atoms with Gasteiger partial charge < -0.3 is 15.7 Å². The number of hydrogen-bond donors (Lipinski definition) is 3. The lowest BCUT2D eigenvalue weighted by molar-refractivity contribution is -0.114. The number of hydrogen-bond acceptors (Lipinski definition) is 3. The number of carbonyl (C=O) groups excluding carboxylic acids is 1. The van der Waals surface area contributed by atoms with Crippen LogP contribution in [0.15, 0.2) is 24.3 Å². The average molecular weight is 234 g/mol. The summed E-state index contributed by atoms with van der Waals surface area (Å²) in [6, 6.07) is 7.71. The first-order valence-electron chi connectivity index (χ1n) is 5.87. The highest BCUT2D eigenvalue weighted by molar-refractivity contribution is 5.89. The number of aliphatic hydroxyl groups is 1. The van der Waals surface area contributed by atoms with Gasteiger partial charge in [-0.1, -0.05) is 18.2 Å². The van der Waals surface area contributed by atoms with Crippen molar-refractivity contribution in [1.82, 2.24) is 5.32 Å². The van der Waals surface area contributed by atoms with E-state index in [1.807, 2.05) is 24.3 Å². The largest absolute Gasteiger partial charge is 0.394 e. The highest BCUT2D eigenvalue weighted by atomic mass is 16.3. The smallest absolute Gasteiger partial charge is 0.221 e. The molecule has 0 bridgehead atoms. The molecule has 1 saturated carbocycles. The zero-order valence-corrected chi connectivity index (χ0v) is 9.99. The van der Waals surface area contributed by atoms with E-state index in [4.69, 9.17) is 0 Å². The van der Waals surface area contributed by atoms with Crippen molar-refractivity contribution in [2.24, 2.45) is 0 Å². The Morgan fingerprint density at radius 3 is 2.71 bits per heavy atom. The van der Waals surface area contributed by atoms with Gasteiger partial charge in [-0.15, -0.1) is 0 Å². The summed E-state index contributed by atoms with van der Waals surface area (Å²) in [5.74, 6) is -0.0688. The molecule has 0 radical (unpaired) electrons. The lowest BCUT2D eigenvalue weighted by Crippen LogP contribution is -2.34. The Kier molecular flexibility index (Phi) is 3.45. The van der Waals surface area contributed by atoms with Gasteiger partial charge in [0, 0.05) is 24.7 Å². The summed E-state index contributed by atoms with van der Waals surface area (Å²) in [7, 11) is 0. The third-order valence-electron chi connectivity index (χ3n) is 3.14. The molecule has 0 heterocycles. The normalized spacial score (nSPS) is 16.6. The van der Waals surface area contributed by atoms with Crippen LogP contribution in [0.5, 0.6) is 0 Å². The second-order valence-corrected chi connectivity index (χ2v) is 4.63. The predicted molar refractivity (Wildman–Crippen MR) is 66.6 cm³/mol. The van der Waals surface area contributed by atoms with Gasteiger partial charge in [0.2, 0.25) is 5.91 Å². The maximum atomic E-state index is 11.1. The number of aliphatic hydroxyl groups excluding tert-OH is 1. The van der Waals surface area contributed by atoms with Crippen molar-refractivity contribution in [3.05, 3.63) is 29.8 Å². The predicted octanol–water partition coefficient (Wildman–Crippen LogP) is 1.26. The summed E-state index contributed by atoms with van der Waals surface area (Å²) < 4.78 is 0. The lowest BCUT2D eigenvalue weighted by atomic mass is 10.1. The summed E-state index contributed by atoms with van der Waals surface area (Å²) in [6.45, 7) is 2.34. The molecule has 0 atom stereocenters. The molecule has 92 valence electrons. The fourth-order valence-corrected chi connectivity index (χ4v) is 1.81. The van der Waals surface area contributed by atoms with Crippen molar-refractivity contribution in [3.8, 4) is 0 Å². The zero-order chi connectivity index (χ0) is 12.3. The van der Waals surface area contributed by atoms with Gasteiger partial charge in [-0.2, -0.15) is 0 Å². The first kappa shape index (κ1) is 12.1. The number of benzene rings is 1. The number of carbonyl (C=O) groups is 1. The number of anilines is 1. The van der Waals surface area contributed by atoms with Gasteiger partial charge >= 0.3 is 0 Å². The van der Waals surface area contributed by atoms with Gasteiger partial charge in [-0.3, -0.25) is 4.79 Å². The molecule has 0 spiro atoms. The SMILES string of the molecule is CC(=O)Nc1ccccc1CNC1(CO)CC1. The van der Waals surface area contributed by atoms with Crippen LogP contribution in [0, 0.1) is 0 Å². The molecular formula is C13H18N2O2. The minimum absolute atomic E-state index is 0.0688. The Labute approximate surface area is 101 Å². The quantitative estimate of drug-likeness (QED) is 0.718. The van der Waals surface area contributed by atoms with E-state index in [9.17, 15) is 9.90 Å². The number of nitrogens with one attached hydrogen (secondary N) is 2. The minimum Gasteiger partial charge on any atom is -0.394 e.